The van der Waals surface area contributed by atoms with Crippen LogP contribution in [0.15, 0.2) is 18.2 Å². The fourth-order valence-electron chi connectivity index (χ4n) is 2.51. The quantitative estimate of drug-likeness (QED) is 0.632. The molecule has 2 unspecified atom stereocenters. The van der Waals surface area contributed by atoms with Crippen LogP contribution in [-0.4, -0.2) is 36.5 Å². The van der Waals surface area contributed by atoms with Gasteiger partial charge in [0.05, 0.1) is 18.3 Å². The van der Waals surface area contributed by atoms with Gasteiger partial charge in [0, 0.05) is 5.56 Å². The van der Waals surface area contributed by atoms with Crippen molar-refractivity contribution in [3.05, 3.63) is 23.8 Å². The van der Waals surface area contributed by atoms with E-state index >= 15 is 0 Å². The SMILES string of the molecule is CC(=O)c1ccc2c(c1)N(C(C)C(=O)OC(C)C)CC(C)O2. The molecule has 1 heterocycles. The van der Waals surface area contributed by atoms with Crippen molar-refractivity contribution in [3.63, 3.8) is 0 Å². The van der Waals surface area contributed by atoms with Crippen LogP contribution in [0.4, 0.5) is 5.69 Å². The van der Waals surface area contributed by atoms with Crippen LogP contribution in [0.2, 0.25) is 0 Å². The largest absolute Gasteiger partial charge is 0.487 e. The highest BCUT2D eigenvalue weighted by Gasteiger charge is 2.31. The van der Waals surface area contributed by atoms with E-state index < -0.39 is 6.04 Å². The summed E-state index contributed by atoms with van der Waals surface area (Å²) >= 11 is 0. The van der Waals surface area contributed by atoms with E-state index in [1.807, 2.05) is 32.6 Å². The molecule has 0 saturated heterocycles. The van der Waals surface area contributed by atoms with E-state index in [0.29, 0.717) is 17.9 Å². The van der Waals surface area contributed by atoms with Crippen LogP contribution in [0, 0.1) is 0 Å². The van der Waals surface area contributed by atoms with Gasteiger partial charge in [-0.05, 0) is 52.8 Å². The van der Waals surface area contributed by atoms with E-state index in [4.69, 9.17) is 9.47 Å². The van der Waals surface area contributed by atoms with Crippen LogP contribution in [0.25, 0.3) is 0 Å². The number of fused-ring (bicyclic) bond motifs is 1. The minimum Gasteiger partial charge on any atom is -0.487 e. The Morgan fingerprint density at radius 3 is 2.59 bits per heavy atom. The van der Waals surface area contributed by atoms with Crippen LogP contribution in [0.5, 0.6) is 5.75 Å². The Labute approximate surface area is 131 Å². The number of nitrogens with zero attached hydrogens (tertiary/aromatic N) is 1. The van der Waals surface area contributed by atoms with E-state index in [-0.39, 0.29) is 24.0 Å². The molecule has 120 valence electrons. The average molecular weight is 305 g/mol. The summed E-state index contributed by atoms with van der Waals surface area (Å²) in [6.45, 7) is 9.52. The summed E-state index contributed by atoms with van der Waals surface area (Å²) < 4.78 is 11.1. The Kier molecular flexibility index (Phi) is 4.74. The molecule has 0 radical (unpaired) electrons. The van der Waals surface area contributed by atoms with Crippen LogP contribution in [0.1, 0.15) is 45.0 Å². The minimum atomic E-state index is -0.435. The van der Waals surface area contributed by atoms with E-state index in [9.17, 15) is 9.59 Å². The lowest BCUT2D eigenvalue weighted by Gasteiger charge is -2.38. The topological polar surface area (TPSA) is 55.8 Å². The maximum atomic E-state index is 12.2. The maximum absolute atomic E-state index is 12.2. The van der Waals surface area contributed by atoms with Crippen molar-refractivity contribution in [1.29, 1.82) is 0 Å². The molecule has 0 bridgehead atoms. The van der Waals surface area contributed by atoms with Gasteiger partial charge in [0.15, 0.2) is 5.78 Å². The fraction of sp³-hybridized carbons (Fsp3) is 0.529. The number of ether oxygens (including phenoxy) is 2. The number of esters is 1. The van der Waals surface area contributed by atoms with E-state index in [1.165, 1.54) is 6.92 Å². The summed E-state index contributed by atoms with van der Waals surface area (Å²) in [6, 6.07) is 4.88. The van der Waals surface area contributed by atoms with E-state index in [2.05, 4.69) is 0 Å². The zero-order valence-corrected chi connectivity index (χ0v) is 13.8. The molecule has 0 fully saturated rings. The Balaban J connectivity index is 2.35. The normalized spacial score (nSPS) is 18.5. The van der Waals surface area contributed by atoms with Gasteiger partial charge in [-0.25, -0.2) is 4.79 Å². The summed E-state index contributed by atoms with van der Waals surface area (Å²) in [5.74, 6) is 0.398. The summed E-state index contributed by atoms with van der Waals surface area (Å²) in [5, 5.41) is 0. The third kappa shape index (κ3) is 3.40. The molecule has 1 aliphatic rings. The smallest absolute Gasteiger partial charge is 0.328 e. The van der Waals surface area contributed by atoms with Crippen molar-refractivity contribution < 1.29 is 19.1 Å². The first-order chi connectivity index (χ1) is 10.3. The van der Waals surface area contributed by atoms with Crippen molar-refractivity contribution in [3.8, 4) is 5.75 Å². The first-order valence-corrected chi connectivity index (χ1v) is 7.58. The van der Waals surface area contributed by atoms with E-state index in [0.717, 1.165) is 5.69 Å². The van der Waals surface area contributed by atoms with E-state index in [1.54, 1.807) is 18.2 Å². The lowest BCUT2D eigenvalue weighted by atomic mass is 10.1. The number of anilines is 1. The molecular weight excluding hydrogens is 282 g/mol. The minimum absolute atomic E-state index is 0.0150. The maximum Gasteiger partial charge on any atom is 0.328 e. The zero-order chi connectivity index (χ0) is 16.4. The van der Waals surface area contributed by atoms with Gasteiger partial charge in [-0.1, -0.05) is 0 Å². The van der Waals surface area contributed by atoms with Crippen LogP contribution in [-0.2, 0) is 9.53 Å². The molecule has 1 aliphatic heterocycles. The van der Waals surface area contributed by atoms with Gasteiger partial charge in [-0.2, -0.15) is 0 Å². The average Bonchev–Trinajstić information content (AvgIpc) is 2.44. The highest BCUT2D eigenvalue weighted by Crippen LogP contribution is 2.35. The summed E-state index contributed by atoms with van der Waals surface area (Å²) in [5.41, 5.74) is 1.37. The molecule has 2 atom stereocenters. The number of Topliss-reactive ketones (excluding diaryl/α,β-unsaturated/α-hetero) is 1. The van der Waals surface area contributed by atoms with Gasteiger partial charge < -0.3 is 14.4 Å². The molecular formula is C17H23NO4. The number of hydrogen-bond acceptors (Lipinski definition) is 5. The van der Waals surface area contributed by atoms with Gasteiger partial charge in [0.1, 0.15) is 17.9 Å². The molecule has 0 aromatic heterocycles. The Morgan fingerprint density at radius 2 is 2.00 bits per heavy atom. The van der Waals surface area contributed by atoms with Crippen molar-refractivity contribution in [2.75, 3.05) is 11.4 Å². The lowest BCUT2D eigenvalue weighted by molar-refractivity contribution is -0.148. The van der Waals surface area contributed by atoms with Crippen molar-refractivity contribution in [1.82, 2.24) is 0 Å². The second kappa shape index (κ2) is 6.38. The fourth-order valence-corrected chi connectivity index (χ4v) is 2.51. The monoisotopic (exact) mass is 305 g/mol. The van der Waals surface area contributed by atoms with Crippen LogP contribution < -0.4 is 9.64 Å². The second-order valence-electron chi connectivity index (χ2n) is 5.98. The van der Waals surface area contributed by atoms with Gasteiger partial charge >= 0.3 is 5.97 Å². The highest BCUT2D eigenvalue weighted by molar-refractivity contribution is 5.96. The highest BCUT2D eigenvalue weighted by atomic mass is 16.5. The Hall–Kier alpha value is -2.04. The molecule has 1 aromatic carbocycles. The van der Waals surface area contributed by atoms with Crippen molar-refractivity contribution in [2.45, 2.75) is 52.9 Å². The number of hydrogen-bond donors (Lipinski definition) is 0. The second-order valence-corrected chi connectivity index (χ2v) is 5.98. The molecule has 2 rings (SSSR count). The molecule has 5 heteroatoms. The number of carbonyl (C=O) groups is 2. The number of rotatable bonds is 4. The predicted molar refractivity (Wildman–Crippen MR) is 84.6 cm³/mol. The molecule has 5 nitrogen and oxygen atoms in total. The van der Waals surface area contributed by atoms with Crippen LogP contribution >= 0.6 is 0 Å². The summed E-state index contributed by atoms with van der Waals surface area (Å²) in [4.78, 5) is 25.8. The molecule has 0 N–H and O–H groups in total. The van der Waals surface area contributed by atoms with Crippen molar-refractivity contribution in [2.24, 2.45) is 0 Å². The van der Waals surface area contributed by atoms with Gasteiger partial charge in [0.25, 0.3) is 0 Å². The van der Waals surface area contributed by atoms with Gasteiger partial charge in [-0.3, -0.25) is 4.79 Å². The first-order valence-electron chi connectivity index (χ1n) is 7.58. The predicted octanol–water partition coefficient (Wildman–Crippen LogP) is 2.82. The van der Waals surface area contributed by atoms with Gasteiger partial charge in [0.2, 0.25) is 0 Å². The van der Waals surface area contributed by atoms with Crippen LogP contribution in [0.3, 0.4) is 0 Å². The van der Waals surface area contributed by atoms with Crippen molar-refractivity contribution >= 4 is 17.4 Å². The number of carbonyl (C=O) groups excluding carboxylic acids is 2. The number of ketones is 1. The molecule has 0 amide bonds. The molecule has 1 aromatic rings. The Morgan fingerprint density at radius 1 is 1.32 bits per heavy atom. The number of benzene rings is 1. The molecule has 0 saturated carbocycles. The lowest BCUT2D eigenvalue weighted by Crippen LogP contribution is -2.48. The Bertz CT molecular complexity index is 582. The summed E-state index contributed by atoms with van der Waals surface area (Å²) in [6.07, 6.45) is -0.193. The molecule has 22 heavy (non-hydrogen) atoms. The zero-order valence-electron chi connectivity index (χ0n) is 13.8. The standard InChI is InChI=1S/C17H23NO4/c1-10(2)21-17(20)12(4)18-9-11(3)22-16-7-6-14(13(5)19)8-15(16)18/h6-8,10-12H,9H2,1-5H3. The third-order valence-corrected chi connectivity index (χ3v) is 3.62. The summed E-state index contributed by atoms with van der Waals surface area (Å²) in [7, 11) is 0. The first kappa shape index (κ1) is 16.3. The molecule has 0 aliphatic carbocycles. The third-order valence-electron chi connectivity index (χ3n) is 3.62. The van der Waals surface area contributed by atoms with Gasteiger partial charge in [-0.15, -0.1) is 0 Å². The molecule has 0 spiro atoms.